The van der Waals surface area contributed by atoms with Gasteiger partial charge in [0.15, 0.2) is 10.4 Å². The molecule has 3 aromatic rings. The maximum Gasteiger partial charge on any atom is 0.279 e. The molecule has 0 aliphatic carbocycles. The summed E-state index contributed by atoms with van der Waals surface area (Å²) in [6.07, 6.45) is 1.77. The number of rotatable bonds is 5. The van der Waals surface area contributed by atoms with Crippen molar-refractivity contribution in [3.8, 4) is 0 Å². The number of aromatic nitrogens is 2. The van der Waals surface area contributed by atoms with E-state index in [0.29, 0.717) is 39.1 Å². The van der Waals surface area contributed by atoms with Gasteiger partial charge in [-0.2, -0.15) is 0 Å². The van der Waals surface area contributed by atoms with Crippen molar-refractivity contribution in [1.82, 2.24) is 9.55 Å². The predicted molar refractivity (Wildman–Crippen MR) is 128 cm³/mol. The van der Waals surface area contributed by atoms with Crippen molar-refractivity contribution >= 4 is 50.5 Å². The number of allylic oxidation sites excluding steroid dienone is 1. The van der Waals surface area contributed by atoms with Crippen molar-refractivity contribution in [3.05, 3.63) is 81.3 Å². The van der Waals surface area contributed by atoms with Crippen LogP contribution in [0.25, 0.3) is 0 Å². The third-order valence-electron chi connectivity index (χ3n) is 5.40. The summed E-state index contributed by atoms with van der Waals surface area (Å²) in [5.74, 6) is 5.80. The van der Waals surface area contributed by atoms with E-state index in [2.05, 4.69) is 27.5 Å². The van der Waals surface area contributed by atoms with Gasteiger partial charge in [0.05, 0.1) is 17.1 Å². The summed E-state index contributed by atoms with van der Waals surface area (Å²) in [4.78, 5) is 19.8. The Kier molecular flexibility index (Phi) is 5.55. The normalized spacial score (nSPS) is 15.3. The second-order valence-corrected chi connectivity index (χ2v) is 8.60. The van der Waals surface area contributed by atoms with Gasteiger partial charge < -0.3 is 15.3 Å². The fraction of sp³-hybridized carbons (Fsp3) is 0.182. The van der Waals surface area contributed by atoms with Gasteiger partial charge in [-0.25, -0.2) is 10.8 Å². The molecule has 0 radical (unpaired) electrons. The topological polar surface area (TPSA) is 93.4 Å². The van der Waals surface area contributed by atoms with E-state index < -0.39 is 6.04 Å². The van der Waals surface area contributed by atoms with Crippen molar-refractivity contribution in [1.29, 1.82) is 0 Å². The minimum absolute atomic E-state index is 0.201. The summed E-state index contributed by atoms with van der Waals surface area (Å²) in [6, 6.07) is 10.8. The lowest BCUT2D eigenvalue weighted by Crippen LogP contribution is -2.31. The molecule has 2 aromatic carbocycles. The Morgan fingerprint density at radius 3 is 2.61 bits per heavy atom. The lowest BCUT2D eigenvalue weighted by Gasteiger charge is -2.29. The van der Waals surface area contributed by atoms with Gasteiger partial charge >= 0.3 is 0 Å². The zero-order valence-electron chi connectivity index (χ0n) is 17.1. The Balaban J connectivity index is 1.96. The van der Waals surface area contributed by atoms with Crippen LogP contribution < -0.4 is 21.5 Å². The number of amides is 1. The van der Waals surface area contributed by atoms with E-state index in [0.717, 1.165) is 16.8 Å². The number of hydrazine groups is 1. The van der Waals surface area contributed by atoms with E-state index in [1.807, 2.05) is 47.9 Å². The molecule has 160 valence electrons. The molecular formula is C22H22BrClN6O. The lowest BCUT2D eigenvalue weighted by molar-refractivity contribution is 0.0989. The minimum atomic E-state index is -0.405. The first-order valence-corrected chi connectivity index (χ1v) is 10.8. The number of benzene rings is 2. The van der Waals surface area contributed by atoms with Gasteiger partial charge in [0.25, 0.3) is 5.91 Å². The Labute approximate surface area is 194 Å². The van der Waals surface area contributed by atoms with Crippen molar-refractivity contribution in [2.24, 2.45) is 5.84 Å². The van der Waals surface area contributed by atoms with E-state index in [-0.39, 0.29) is 5.91 Å². The first kappa shape index (κ1) is 21.4. The van der Waals surface area contributed by atoms with Crippen molar-refractivity contribution in [2.75, 3.05) is 22.7 Å². The lowest BCUT2D eigenvalue weighted by atomic mass is 10.0. The molecule has 9 heteroatoms. The Bertz CT molecular complexity index is 1190. The van der Waals surface area contributed by atoms with Crippen LogP contribution in [0.4, 0.5) is 17.1 Å². The Morgan fingerprint density at radius 2 is 2.00 bits per heavy atom. The number of carbonyl (C=O) groups excluding carboxylic acids is 1. The van der Waals surface area contributed by atoms with Gasteiger partial charge in [0.1, 0.15) is 6.04 Å². The molecule has 1 amide bonds. The fourth-order valence-corrected chi connectivity index (χ4v) is 4.58. The van der Waals surface area contributed by atoms with E-state index in [1.54, 1.807) is 18.0 Å². The highest BCUT2D eigenvalue weighted by atomic mass is 79.9. The number of fused-ring (bicyclic) bond motifs is 1. The van der Waals surface area contributed by atoms with E-state index in [1.165, 1.54) is 5.01 Å². The molecule has 7 nitrogen and oxygen atoms in total. The zero-order valence-corrected chi connectivity index (χ0v) is 19.5. The van der Waals surface area contributed by atoms with Gasteiger partial charge in [0, 0.05) is 24.3 Å². The third-order valence-corrected chi connectivity index (χ3v) is 6.26. The number of aryl methyl sites for hydroxylation is 1. The van der Waals surface area contributed by atoms with Gasteiger partial charge in [-0.1, -0.05) is 29.8 Å². The molecule has 0 fully saturated rings. The number of nitrogen functional groups attached to an aromatic ring is 1. The van der Waals surface area contributed by atoms with E-state index in [9.17, 15) is 4.79 Å². The Hall–Kier alpha value is -2.81. The van der Waals surface area contributed by atoms with Crippen LogP contribution in [0.1, 0.15) is 33.4 Å². The average Bonchev–Trinajstić information content (AvgIpc) is 3.19. The standard InChI is InChI=1S/C22H22BrClN6O/c1-4-9-29-20-18(27-22(29)23)21(31)30(19(20)13-5-7-14(24)8-6-13)15-10-12(2)17(25)16(11-15)28(3)26/h4-8,10-11,19H,1,9,25-26H2,2-3H3. The quantitative estimate of drug-likeness (QED) is 0.233. The molecule has 1 aliphatic heterocycles. The van der Waals surface area contributed by atoms with Crippen molar-refractivity contribution < 1.29 is 4.79 Å². The summed E-state index contributed by atoms with van der Waals surface area (Å²) in [6.45, 7) is 6.24. The van der Waals surface area contributed by atoms with Crippen molar-refractivity contribution in [3.63, 3.8) is 0 Å². The molecule has 0 spiro atoms. The highest BCUT2D eigenvalue weighted by Crippen LogP contribution is 2.44. The average molecular weight is 502 g/mol. The van der Waals surface area contributed by atoms with Crippen LogP contribution in [-0.2, 0) is 6.54 Å². The number of hydrogen-bond acceptors (Lipinski definition) is 5. The monoisotopic (exact) mass is 500 g/mol. The van der Waals surface area contributed by atoms with Gasteiger partial charge in [-0.05, 0) is 58.2 Å². The Morgan fingerprint density at radius 1 is 1.32 bits per heavy atom. The zero-order chi connectivity index (χ0) is 22.4. The number of halogens is 2. The SMILES string of the molecule is C=CCn1c(Br)nc2c1C(c1ccc(Cl)cc1)N(c1cc(C)c(N)c(N(C)N)c1)C2=O. The molecule has 2 heterocycles. The molecule has 4 rings (SSSR count). The first-order valence-electron chi connectivity index (χ1n) is 9.59. The maximum absolute atomic E-state index is 13.6. The molecule has 0 bridgehead atoms. The van der Waals surface area contributed by atoms with Gasteiger partial charge in [0.2, 0.25) is 0 Å². The number of hydrogen-bond donors (Lipinski definition) is 2. The van der Waals surface area contributed by atoms with Crippen LogP contribution in [0.5, 0.6) is 0 Å². The number of carbonyl (C=O) groups is 1. The molecule has 0 saturated carbocycles. The third kappa shape index (κ3) is 3.50. The molecule has 0 saturated heterocycles. The van der Waals surface area contributed by atoms with Crippen LogP contribution in [-0.4, -0.2) is 22.5 Å². The summed E-state index contributed by atoms with van der Waals surface area (Å²) in [5, 5.41) is 2.07. The number of imidazole rings is 1. The second-order valence-electron chi connectivity index (χ2n) is 7.45. The highest BCUT2D eigenvalue weighted by molar-refractivity contribution is 9.10. The minimum Gasteiger partial charge on any atom is -0.397 e. The number of anilines is 3. The summed E-state index contributed by atoms with van der Waals surface area (Å²) < 4.78 is 2.53. The highest BCUT2D eigenvalue weighted by Gasteiger charge is 2.44. The molecule has 1 aromatic heterocycles. The fourth-order valence-electron chi connectivity index (χ4n) is 3.94. The molecular weight excluding hydrogens is 480 g/mol. The summed E-state index contributed by atoms with van der Waals surface area (Å²) in [5.41, 5.74) is 11.0. The predicted octanol–water partition coefficient (Wildman–Crippen LogP) is 4.44. The molecule has 1 unspecified atom stereocenters. The van der Waals surface area contributed by atoms with Gasteiger partial charge in [-0.3, -0.25) is 9.69 Å². The first-order chi connectivity index (χ1) is 14.7. The van der Waals surface area contributed by atoms with E-state index >= 15 is 0 Å². The molecule has 4 N–H and O–H groups in total. The number of nitrogens with two attached hydrogens (primary N) is 2. The van der Waals surface area contributed by atoms with Crippen LogP contribution in [0.2, 0.25) is 5.02 Å². The number of nitrogens with zero attached hydrogens (tertiary/aromatic N) is 4. The van der Waals surface area contributed by atoms with Crippen LogP contribution >= 0.6 is 27.5 Å². The van der Waals surface area contributed by atoms with Crippen LogP contribution in [0.15, 0.2) is 53.8 Å². The van der Waals surface area contributed by atoms with Crippen LogP contribution in [0, 0.1) is 6.92 Å². The largest absolute Gasteiger partial charge is 0.397 e. The molecule has 31 heavy (non-hydrogen) atoms. The summed E-state index contributed by atoms with van der Waals surface area (Å²) >= 11 is 9.61. The molecule has 1 aliphatic rings. The maximum atomic E-state index is 13.6. The van der Waals surface area contributed by atoms with Crippen LogP contribution in [0.3, 0.4) is 0 Å². The van der Waals surface area contributed by atoms with Crippen molar-refractivity contribution in [2.45, 2.75) is 19.5 Å². The smallest absolute Gasteiger partial charge is 0.279 e. The van der Waals surface area contributed by atoms with E-state index in [4.69, 9.17) is 23.2 Å². The van der Waals surface area contributed by atoms with Gasteiger partial charge in [-0.15, -0.1) is 6.58 Å². The second kappa shape index (κ2) is 8.03. The summed E-state index contributed by atoms with van der Waals surface area (Å²) in [7, 11) is 1.71. The molecule has 1 atom stereocenters.